The molecule has 17 nitrogen and oxygen atoms in total. The molecule has 63 heavy (non-hydrogen) atoms. The van der Waals surface area contributed by atoms with E-state index in [9.17, 15) is 24.3 Å². The number of H-pyrrole nitrogens is 2. The number of alkyl carbamates (subject to hydrolysis) is 1. The Hall–Kier alpha value is -6.20. The molecule has 2 saturated heterocycles. The third kappa shape index (κ3) is 8.51. The summed E-state index contributed by atoms with van der Waals surface area (Å²) in [6.07, 6.45) is 1.15. The maximum Gasteiger partial charge on any atom is 0.407 e. The Morgan fingerprint density at radius 3 is 2.10 bits per heavy atom. The van der Waals surface area contributed by atoms with Crippen LogP contribution < -0.4 is 15.4 Å². The van der Waals surface area contributed by atoms with E-state index in [1.165, 1.54) is 7.11 Å². The Bertz CT molecular complexity index is 2530. The second kappa shape index (κ2) is 17.9. The lowest BCUT2D eigenvalue weighted by Gasteiger charge is -2.30. The molecule has 0 spiro atoms. The van der Waals surface area contributed by atoms with Crippen LogP contribution in [0.1, 0.15) is 69.8 Å². The third-order valence-corrected chi connectivity index (χ3v) is 12.7. The van der Waals surface area contributed by atoms with Gasteiger partial charge < -0.3 is 54.5 Å². The highest BCUT2D eigenvalue weighted by Gasteiger charge is 2.43. The number of aromatic amines is 2. The first-order valence-corrected chi connectivity index (χ1v) is 21.5. The maximum atomic E-state index is 14.1. The summed E-state index contributed by atoms with van der Waals surface area (Å²) in [4.78, 5) is 72.0. The molecule has 17 heteroatoms. The molecule has 6 atom stereocenters. The molecule has 2 fully saturated rings. The molecule has 5 aromatic rings. The summed E-state index contributed by atoms with van der Waals surface area (Å²) in [5.74, 6) is 1.31. The van der Waals surface area contributed by atoms with E-state index in [0.29, 0.717) is 57.4 Å². The number of carbonyl (C=O) groups is 4. The van der Waals surface area contributed by atoms with Crippen LogP contribution in [0.2, 0.25) is 0 Å². The highest BCUT2D eigenvalue weighted by atomic mass is 16.5. The Labute approximate surface area is 365 Å². The van der Waals surface area contributed by atoms with Gasteiger partial charge in [0.15, 0.2) is 0 Å². The molecule has 8 rings (SSSR count). The summed E-state index contributed by atoms with van der Waals surface area (Å²) in [6, 6.07) is 12.1. The van der Waals surface area contributed by atoms with Crippen molar-refractivity contribution in [3.63, 3.8) is 0 Å². The van der Waals surface area contributed by atoms with E-state index in [1.54, 1.807) is 30.2 Å². The van der Waals surface area contributed by atoms with Crippen molar-refractivity contribution in [2.75, 3.05) is 47.6 Å². The monoisotopic (exact) mass is 864 g/mol. The van der Waals surface area contributed by atoms with E-state index >= 15 is 0 Å². The van der Waals surface area contributed by atoms with Crippen molar-refractivity contribution >= 4 is 45.8 Å². The van der Waals surface area contributed by atoms with Crippen LogP contribution in [0.25, 0.3) is 44.2 Å². The number of benzene rings is 3. The van der Waals surface area contributed by atoms with Crippen molar-refractivity contribution in [2.45, 2.75) is 71.3 Å². The smallest absolute Gasteiger partial charge is 0.407 e. The van der Waals surface area contributed by atoms with Gasteiger partial charge in [-0.3, -0.25) is 9.59 Å². The normalized spacial score (nSPS) is 20.5. The highest BCUT2D eigenvalue weighted by Crippen LogP contribution is 2.44. The number of hydrogen-bond donors (Lipinski definition) is 5. The zero-order valence-electron chi connectivity index (χ0n) is 36.7. The van der Waals surface area contributed by atoms with Gasteiger partial charge >= 0.3 is 12.2 Å². The number of carbonyl (C=O) groups excluding carboxylic acids is 3. The molecule has 2 unspecified atom stereocenters. The summed E-state index contributed by atoms with van der Waals surface area (Å²) >= 11 is 0. The fourth-order valence-electron chi connectivity index (χ4n) is 9.56. The lowest BCUT2D eigenvalue weighted by atomic mass is 9.92. The molecular formula is C46H56N8O9. The van der Waals surface area contributed by atoms with Crippen LogP contribution in [0.3, 0.4) is 0 Å². The molecule has 0 radical (unpaired) electrons. The molecule has 0 saturated carbocycles. The Kier molecular flexibility index (Phi) is 12.3. The number of rotatable bonds is 13. The first-order valence-electron chi connectivity index (χ1n) is 21.5. The number of aromatic nitrogens is 4. The first-order chi connectivity index (χ1) is 30.3. The minimum Gasteiger partial charge on any atom is -0.488 e. The summed E-state index contributed by atoms with van der Waals surface area (Å²) in [5, 5.41) is 16.5. The fourth-order valence-corrected chi connectivity index (χ4v) is 9.56. The number of fused-ring (bicyclic) bond motifs is 6. The lowest BCUT2D eigenvalue weighted by Crippen LogP contribution is -2.51. The summed E-state index contributed by atoms with van der Waals surface area (Å²) < 4.78 is 22.2. The number of imidazole rings is 2. The predicted octanol–water partition coefficient (Wildman–Crippen LogP) is 6.41. The van der Waals surface area contributed by atoms with Gasteiger partial charge in [-0.25, -0.2) is 19.6 Å². The van der Waals surface area contributed by atoms with Crippen LogP contribution in [-0.2, 0) is 30.4 Å². The average Bonchev–Trinajstić information content (AvgIpc) is 4.09. The number of carboxylic acid groups (broad SMARTS) is 1. The van der Waals surface area contributed by atoms with Crippen LogP contribution in [0.5, 0.6) is 5.75 Å². The third-order valence-electron chi connectivity index (χ3n) is 12.7. The molecule has 5 heterocycles. The SMILES string of the molecule is COC[C@H]1C[C@@H](c2ncc(-c3ccc4c(c3)COc3cc5c(ccc6nc([C@@H]7C[C@H](COC)CN7C(=O)C(NC(=O)OC)C(C)C)[nH]c65)cc3-4)[nH]2)N(C(=O)C(NC(=O)O)C(C)C)C1. The first kappa shape index (κ1) is 43.4. The van der Waals surface area contributed by atoms with Crippen molar-refractivity contribution in [3.8, 4) is 28.1 Å². The molecule has 334 valence electrons. The zero-order chi connectivity index (χ0) is 44.7. The fraction of sp³-hybridized carbons (Fsp3) is 0.478. The minimum absolute atomic E-state index is 0.0709. The Morgan fingerprint density at radius 2 is 1.48 bits per heavy atom. The van der Waals surface area contributed by atoms with Gasteiger partial charge in [0.05, 0.1) is 55.3 Å². The van der Waals surface area contributed by atoms with Crippen LogP contribution in [-0.4, -0.2) is 119 Å². The molecule has 4 amide bonds. The van der Waals surface area contributed by atoms with Gasteiger partial charge in [0, 0.05) is 50.1 Å². The number of amides is 4. The van der Waals surface area contributed by atoms with Crippen molar-refractivity contribution in [1.29, 1.82) is 0 Å². The van der Waals surface area contributed by atoms with Gasteiger partial charge in [-0.05, 0) is 71.0 Å². The van der Waals surface area contributed by atoms with Crippen LogP contribution >= 0.6 is 0 Å². The van der Waals surface area contributed by atoms with Crippen molar-refractivity contribution in [2.24, 2.45) is 23.7 Å². The lowest BCUT2D eigenvalue weighted by molar-refractivity contribution is -0.136. The van der Waals surface area contributed by atoms with E-state index in [2.05, 4.69) is 44.9 Å². The molecule has 0 aliphatic carbocycles. The van der Waals surface area contributed by atoms with E-state index < -0.39 is 24.3 Å². The topological polar surface area (TPSA) is 213 Å². The quantitative estimate of drug-likeness (QED) is 0.0873. The Morgan fingerprint density at radius 1 is 0.825 bits per heavy atom. The highest BCUT2D eigenvalue weighted by molar-refractivity contribution is 6.07. The van der Waals surface area contributed by atoms with E-state index in [0.717, 1.165) is 55.5 Å². The molecule has 3 aromatic carbocycles. The molecule has 3 aliphatic heterocycles. The number of ether oxygens (including phenoxy) is 4. The average molecular weight is 865 g/mol. The maximum absolute atomic E-state index is 14.1. The van der Waals surface area contributed by atoms with Gasteiger partial charge in [0.1, 0.15) is 36.1 Å². The van der Waals surface area contributed by atoms with E-state index in [-0.39, 0.29) is 47.6 Å². The molecule has 0 bridgehead atoms. The largest absolute Gasteiger partial charge is 0.488 e. The molecular weight excluding hydrogens is 809 g/mol. The number of hydrogen-bond acceptors (Lipinski definition) is 10. The number of nitrogens with one attached hydrogen (secondary N) is 4. The standard InChI is InChI=1S/C46H56N8O9/c1-23(2)38(51-45(57)58)43(55)53-18-25(20-60-5)12-35(53)41-47-17-34(49-41)28-8-10-30-29(14-28)22-63-37-16-31-27(15-32(30)37)9-11-33-40(31)50-42(48-33)36-13-26(21-61-6)19-54(36)44(56)39(24(3)4)52-46(59)62-7/h8-11,14-17,23-26,35-36,38-39,51H,12-13,18-22H2,1-7H3,(H,47,49)(H,48,50)(H,52,59)(H,57,58)/t25-,26-,35-,36-,38?,39?/m0/s1. The minimum atomic E-state index is -1.24. The van der Waals surface area contributed by atoms with Crippen LogP contribution in [0.15, 0.2) is 48.7 Å². The second-order valence-electron chi connectivity index (χ2n) is 17.6. The summed E-state index contributed by atoms with van der Waals surface area (Å²) in [5.41, 5.74) is 6.34. The molecule has 5 N–H and O–H groups in total. The van der Waals surface area contributed by atoms with Gasteiger partial charge in [-0.1, -0.05) is 45.9 Å². The molecule has 2 aromatic heterocycles. The predicted molar refractivity (Wildman–Crippen MR) is 234 cm³/mol. The zero-order valence-corrected chi connectivity index (χ0v) is 36.7. The van der Waals surface area contributed by atoms with Crippen LogP contribution in [0, 0.1) is 23.7 Å². The van der Waals surface area contributed by atoms with Crippen molar-refractivity contribution < 1.29 is 43.2 Å². The van der Waals surface area contributed by atoms with Crippen molar-refractivity contribution in [1.82, 2.24) is 40.4 Å². The van der Waals surface area contributed by atoms with Crippen molar-refractivity contribution in [3.05, 3.63) is 65.9 Å². The number of nitrogens with zero attached hydrogens (tertiary/aromatic N) is 4. The van der Waals surface area contributed by atoms with Gasteiger partial charge in [-0.2, -0.15) is 0 Å². The van der Waals surface area contributed by atoms with Crippen LogP contribution in [0.4, 0.5) is 9.59 Å². The van der Waals surface area contributed by atoms with Gasteiger partial charge in [0.25, 0.3) is 0 Å². The van der Waals surface area contributed by atoms with E-state index in [4.69, 9.17) is 28.9 Å². The number of likely N-dealkylation sites (tertiary alicyclic amines) is 2. The summed E-state index contributed by atoms with van der Waals surface area (Å²) in [7, 11) is 4.57. The van der Waals surface area contributed by atoms with E-state index in [1.807, 2.05) is 45.9 Å². The van der Waals surface area contributed by atoms with Gasteiger partial charge in [0.2, 0.25) is 11.8 Å². The second-order valence-corrected chi connectivity index (χ2v) is 17.6. The molecule has 3 aliphatic rings. The van der Waals surface area contributed by atoms with Gasteiger partial charge in [-0.15, -0.1) is 0 Å². The number of methoxy groups -OCH3 is 3. The summed E-state index contributed by atoms with van der Waals surface area (Å²) in [6.45, 7) is 9.63. The Balaban J connectivity index is 1.06.